The average molecular weight is 560 g/mol. The van der Waals surface area contributed by atoms with Crippen molar-refractivity contribution in [1.29, 1.82) is 0 Å². The molecule has 1 saturated carbocycles. The fraction of sp³-hybridized carbons (Fsp3) is 0.484. The number of benzene rings is 1. The summed E-state index contributed by atoms with van der Waals surface area (Å²) in [7, 11) is 1.58. The van der Waals surface area contributed by atoms with E-state index < -0.39 is 5.60 Å². The summed E-state index contributed by atoms with van der Waals surface area (Å²) in [5.74, 6) is 2.09. The molecule has 0 radical (unpaired) electrons. The molecule has 6 rings (SSSR count). The molecule has 2 aliphatic rings. The van der Waals surface area contributed by atoms with Crippen LogP contribution in [0.1, 0.15) is 52.3 Å². The van der Waals surface area contributed by atoms with Gasteiger partial charge in [0.2, 0.25) is 0 Å². The molecule has 0 bridgehead atoms. The van der Waals surface area contributed by atoms with Gasteiger partial charge in [-0.2, -0.15) is 0 Å². The van der Waals surface area contributed by atoms with Gasteiger partial charge < -0.3 is 28.4 Å². The lowest BCUT2D eigenvalue weighted by atomic mass is 9.90. The van der Waals surface area contributed by atoms with Crippen molar-refractivity contribution in [3.05, 3.63) is 42.3 Å². The highest BCUT2D eigenvalue weighted by Gasteiger charge is 2.40. The van der Waals surface area contributed by atoms with Crippen molar-refractivity contribution < 1.29 is 23.4 Å². The maximum Gasteiger partial charge on any atom is 0.410 e. The minimum Gasteiger partial charge on any atom is -0.467 e. The van der Waals surface area contributed by atoms with Crippen LogP contribution in [0, 0.1) is 6.92 Å². The van der Waals surface area contributed by atoms with Gasteiger partial charge in [-0.15, -0.1) is 0 Å². The van der Waals surface area contributed by atoms with Crippen molar-refractivity contribution in [1.82, 2.24) is 19.9 Å². The zero-order valence-electron chi connectivity index (χ0n) is 24.3. The number of ether oxygens (including phenoxy) is 3. The van der Waals surface area contributed by atoms with Crippen LogP contribution in [-0.4, -0.2) is 70.6 Å². The maximum atomic E-state index is 13.1. The fourth-order valence-corrected chi connectivity index (χ4v) is 5.59. The molecule has 3 aromatic heterocycles. The molecule has 216 valence electrons. The van der Waals surface area contributed by atoms with Gasteiger partial charge in [-0.25, -0.2) is 19.7 Å². The summed E-state index contributed by atoms with van der Waals surface area (Å²) in [6.45, 7) is 9.25. The third kappa shape index (κ3) is 5.66. The molecule has 1 saturated heterocycles. The molecule has 4 aromatic rings. The molecule has 1 aliphatic carbocycles. The van der Waals surface area contributed by atoms with Gasteiger partial charge in [0.1, 0.15) is 22.7 Å². The van der Waals surface area contributed by atoms with Gasteiger partial charge in [0.25, 0.3) is 0 Å². The highest BCUT2D eigenvalue weighted by atomic mass is 16.7. The smallest absolute Gasteiger partial charge is 0.410 e. The topological polar surface area (TPSA) is 103 Å². The zero-order valence-corrected chi connectivity index (χ0v) is 24.3. The summed E-state index contributed by atoms with van der Waals surface area (Å²) in [5.41, 5.74) is 3.98. The first-order valence-corrected chi connectivity index (χ1v) is 14.3. The summed E-state index contributed by atoms with van der Waals surface area (Å²) in [5, 5.41) is 0. The molecule has 1 aliphatic heterocycles. The number of hydrogen-bond donors (Lipinski definition) is 0. The minimum absolute atomic E-state index is 0.105. The number of amides is 1. The molecule has 2 fully saturated rings. The van der Waals surface area contributed by atoms with Crippen molar-refractivity contribution in [2.45, 2.75) is 71.1 Å². The van der Waals surface area contributed by atoms with Gasteiger partial charge in [0, 0.05) is 44.8 Å². The number of carbonyl (C=O) groups is 1. The lowest BCUT2D eigenvalue weighted by Gasteiger charge is -2.41. The number of anilines is 1. The second kappa shape index (κ2) is 10.8. The molecule has 10 heteroatoms. The molecular formula is C31H37N5O5. The number of aryl methyl sites for hydroxylation is 1. The van der Waals surface area contributed by atoms with E-state index in [1.54, 1.807) is 7.11 Å². The molecule has 0 spiro atoms. The Bertz CT molecular complexity index is 1570. The first-order chi connectivity index (χ1) is 19.7. The van der Waals surface area contributed by atoms with E-state index in [0.717, 1.165) is 72.4 Å². The Balaban J connectivity index is 1.24. The van der Waals surface area contributed by atoms with Crippen LogP contribution in [0.4, 0.5) is 10.6 Å². The highest BCUT2D eigenvalue weighted by molar-refractivity contribution is 5.86. The Morgan fingerprint density at radius 2 is 1.80 bits per heavy atom. The third-order valence-corrected chi connectivity index (χ3v) is 7.69. The van der Waals surface area contributed by atoms with Gasteiger partial charge in [0.05, 0.1) is 22.8 Å². The number of rotatable bonds is 7. The fourth-order valence-electron chi connectivity index (χ4n) is 5.59. The van der Waals surface area contributed by atoms with Gasteiger partial charge in [-0.1, -0.05) is 0 Å². The molecule has 1 atom stereocenters. The van der Waals surface area contributed by atoms with E-state index in [1.807, 2.05) is 69.0 Å². The van der Waals surface area contributed by atoms with Gasteiger partial charge >= 0.3 is 6.09 Å². The van der Waals surface area contributed by atoms with E-state index in [2.05, 4.69) is 9.88 Å². The zero-order chi connectivity index (χ0) is 28.7. The Hall–Kier alpha value is -3.92. The Kier molecular flexibility index (Phi) is 7.19. The molecule has 10 nitrogen and oxygen atoms in total. The van der Waals surface area contributed by atoms with E-state index >= 15 is 0 Å². The van der Waals surface area contributed by atoms with Gasteiger partial charge in [-0.3, -0.25) is 0 Å². The molecule has 1 amide bonds. The predicted octanol–water partition coefficient (Wildman–Crippen LogP) is 6.10. The normalized spacial score (nSPS) is 17.7. The first kappa shape index (κ1) is 27.3. The van der Waals surface area contributed by atoms with Crippen LogP contribution in [0.5, 0.6) is 5.75 Å². The number of nitrogens with zero attached hydrogens (tertiary/aromatic N) is 5. The van der Waals surface area contributed by atoms with Crippen LogP contribution in [0.15, 0.2) is 40.8 Å². The molecule has 1 unspecified atom stereocenters. The third-order valence-electron chi connectivity index (χ3n) is 7.69. The number of methoxy groups -OCH3 is 1. The Morgan fingerprint density at radius 3 is 2.54 bits per heavy atom. The van der Waals surface area contributed by atoms with E-state index in [1.165, 1.54) is 0 Å². The quantitative estimate of drug-likeness (QED) is 0.249. The molecule has 41 heavy (non-hydrogen) atoms. The van der Waals surface area contributed by atoms with Crippen LogP contribution in [-0.2, 0) is 9.47 Å². The van der Waals surface area contributed by atoms with Crippen LogP contribution in [0.25, 0.3) is 33.4 Å². The summed E-state index contributed by atoms with van der Waals surface area (Å²) in [6.07, 6.45) is 3.93. The van der Waals surface area contributed by atoms with E-state index in [9.17, 15) is 4.79 Å². The second-order valence-electron chi connectivity index (χ2n) is 11.9. The minimum atomic E-state index is -0.515. The number of pyridine rings is 2. The SMILES string of the molecule is COCOc1cc2nc(C)oc2cc1-c1ccc2nc(N3CCC(N(C(=O)OC(C)(C)C)C4CCC4)C3)ccc2n1. The summed E-state index contributed by atoms with van der Waals surface area (Å²) < 4.78 is 22.5. The first-order valence-electron chi connectivity index (χ1n) is 14.3. The van der Waals surface area contributed by atoms with Crippen LogP contribution >= 0.6 is 0 Å². The van der Waals surface area contributed by atoms with Crippen molar-refractivity contribution in [2.75, 3.05) is 31.9 Å². The lowest BCUT2D eigenvalue weighted by Crippen LogP contribution is -2.52. The van der Waals surface area contributed by atoms with Crippen LogP contribution in [0.3, 0.4) is 0 Å². The van der Waals surface area contributed by atoms with Crippen LogP contribution in [0.2, 0.25) is 0 Å². The maximum absolute atomic E-state index is 13.1. The van der Waals surface area contributed by atoms with Crippen molar-refractivity contribution in [3.63, 3.8) is 0 Å². The number of fused-ring (bicyclic) bond motifs is 2. The van der Waals surface area contributed by atoms with E-state index in [4.69, 9.17) is 28.6 Å². The predicted molar refractivity (Wildman–Crippen MR) is 156 cm³/mol. The summed E-state index contributed by atoms with van der Waals surface area (Å²) >= 11 is 0. The number of hydrogen-bond acceptors (Lipinski definition) is 9. The average Bonchev–Trinajstić information content (AvgIpc) is 3.52. The molecule has 1 aromatic carbocycles. The summed E-state index contributed by atoms with van der Waals surface area (Å²) in [6, 6.07) is 12.0. The second-order valence-corrected chi connectivity index (χ2v) is 11.9. The van der Waals surface area contributed by atoms with Crippen molar-refractivity contribution in [3.8, 4) is 17.0 Å². The lowest BCUT2D eigenvalue weighted by molar-refractivity contribution is -0.00351. The monoisotopic (exact) mass is 559 g/mol. The standard InChI is InChI=1S/C31H37N5O5/c1-19-32-26-16-27(39-18-38-5)22(15-28(26)40-19)23-9-10-25-24(33-23)11-12-29(34-25)35-14-13-21(17-35)36(20-7-6-8-20)30(37)41-31(2,3)4/h9-12,15-16,20-21H,6-8,13-14,17-18H2,1-5H3. The van der Waals surface area contributed by atoms with Crippen molar-refractivity contribution >= 4 is 34.0 Å². The van der Waals surface area contributed by atoms with Crippen molar-refractivity contribution in [2.24, 2.45) is 0 Å². The van der Waals surface area contributed by atoms with Gasteiger partial charge in [-0.05, 0) is 76.8 Å². The van der Waals surface area contributed by atoms with E-state index in [0.29, 0.717) is 17.2 Å². The molecule has 4 heterocycles. The Labute approximate surface area is 239 Å². The largest absolute Gasteiger partial charge is 0.467 e. The summed E-state index contributed by atoms with van der Waals surface area (Å²) in [4.78, 5) is 31.7. The highest BCUT2D eigenvalue weighted by Crippen LogP contribution is 2.36. The van der Waals surface area contributed by atoms with E-state index in [-0.39, 0.29) is 25.0 Å². The molecule has 0 N–H and O–H groups in total. The molecular weight excluding hydrogens is 522 g/mol. The van der Waals surface area contributed by atoms with Gasteiger partial charge in [0.15, 0.2) is 18.3 Å². The number of oxazole rings is 1. The number of carbonyl (C=O) groups excluding carboxylic acids is 1. The Morgan fingerprint density at radius 1 is 1.02 bits per heavy atom. The number of aromatic nitrogens is 3. The van der Waals surface area contributed by atoms with Crippen LogP contribution < -0.4 is 9.64 Å².